The Morgan fingerprint density at radius 2 is 1.88 bits per heavy atom. The van der Waals surface area contributed by atoms with Crippen LogP contribution in [-0.4, -0.2) is 10.9 Å². The maximum atomic E-state index is 13.5. The van der Waals surface area contributed by atoms with Crippen molar-refractivity contribution >= 4 is 17.5 Å². The van der Waals surface area contributed by atoms with E-state index in [4.69, 9.17) is 17.3 Å². The molecule has 0 radical (unpaired) electrons. The van der Waals surface area contributed by atoms with E-state index in [1.807, 2.05) is 12.1 Å². The molecule has 0 bridgehead atoms. The number of pyridine rings is 1. The van der Waals surface area contributed by atoms with Crippen LogP contribution >= 0.6 is 11.6 Å². The highest BCUT2D eigenvalue weighted by Crippen LogP contribution is 2.24. The maximum absolute atomic E-state index is 13.5. The minimum Gasteiger partial charge on any atom is -0.366 e. The van der Waals surface area contributed by atoms with E-state index in [1.54, 1.807) is 31.3 Å². The Morgan fingerprint density at radius 3 is 2.54 bits per heavy atom. The van der Waals surface area contributed by atoms with Gasteiger partial charge in [-0.05, 0) is 66.4 Å². The van der Waals surface area contributed by atoms with E-state index in [2.05, 4.69) is 4.98 Å². The molecular weight excluding hydrogens is 358 g/mol. The normalized spacial score (nSPS) is 10.8. The molecule has 0 saturated heterocycles. The molecule has 26 heavy (non-hydrogen) atoms. The molecule has 2 aromatic carbocycles. The number of hydrogen-bond donors (Lipinski definition) is 1. The average molecular weight is 373 g/mol. The molecule has 3 nitrogen and oxygen atoms in total. The summed E-state index contributed by atoms with van der Waals surface area (Å²) in [4.78, 5) is 15.7. The number of aryl methyl sites for hydroxylation is 1. The van der Waals surface area contributed by atoms with Gasteiger partial charge in [0.15, 0.2) is 11.6 Å². The Kier molecular flexibility index (Phi) is 5.00. The molecule has 0 unspecified atom stereocenters. The van der Waals surface area contributed by atoms with Gasteiger partial charge in [0.2, 0.25) is 5.91 Å². The predicted molar refractivity (Wildman–Crippen MR) is 97.1 cm³/mol. The van der Waals surface area contributed by atoms with Gasteiger partial charge in [-0.1, -0.05) is 17.7 Å². The number of nitrogens with zero attached hydrogens (tertiary/aromatic N) is 1. The highest BCUT2D eigenvalue weighted by molar-refractivity contribution is 6.30. The largest absolute Gasteiger partial charge is 0.366 e. The third kappa shape index (κ3) is 3.73. The first-order valence-corrected chi connectivity index (χ1v) is 8.22. The van der Waals surface area contributed by atoms with Crippen molar-refractivity contribution in [3.63, 3.8) is 0 Å². The summed E-state index contributed by atoms with van der Waals surface area (Å²) in [5.41, 5.74) is 9.51. The van der Waals surface area contributed by atoms with Crippen LogP contribution in [0.3, 0.4) is 0 Å². The molecular formula is C20H15ClF2N2O. The van der Waals surface area contributed by atoms with E-state index >= 15 is 0 Å². The van der Waals surface area contributed by atoms with Crippen LogP contribution in [0.2, 0.25) is 5.02 Å². The Balaban J connectivity index is 1.92. The van der Waals surface area contributed by atoms with E-state index in [0.29, 0.717) is 23.2 Å². The van der Waals surface area contributed by atoms with Crippen molar-refractivity contribution in [3.8, 4) is 11.3 Å². The van der Waals surface area contributed by atoms with Gasteiger partial charge in [0, 0.05) is 17.3 Å². The van der Waals surface area contributed by atoms with E-state index < -0.39 is 17.5 Å². The molecule has 1 amide bonds. The first kappa shape index (κ1) is 18.0. The average Bonchev–Trinajstić information content (AvgIpc) is 2.59. The molecule has 1 heterocycles. The second kappa shape index (κ2) is 7.22. The summed E-state index contributed by atoms with van der Waals surface area (Å²) < 4.78 is 26.8. The number of rotatable bonds is 4. The fourth-order valence-electron chi connectivity index (χ4n) is 2.79. The Morgan fingerprint density at radius 1 is 1.12 bits per heavy atom. The van der Waals surface area contributed by atoms with Crippen LogP contribution in [0, 0.1) is 18.6 Å². The van der Waals surface area contributed by atoms with Gasteiger partial charge < -0.3 is 5.73 Å². The summed E-state index contributed by atoms with van der Waals surface area (Å²) in [5.74, 6) is -2.50. The number of primary amides is 1. The third-order valence-corrected chi connectivity index (χ3v) is 4.34. The molecule has 0 atom stereocenters. The molecule has 3 rings (SSSR count). The van der Waals surface area contributed by atoms with Gasteiger partial charge in [-0.15, -0.1) is 0 Å². The Bertz CT molecular complexity index is 982. The van der Waals surface area contributed by atoms with Crippen molar-refractivity contribution in [1.82, 2.24) is 4.98 Å². The van der Waals surface area contributed by atoms with Gasteiger partial charge in [-0.25, -0.2) is 8.78 Å². The second-order valence-corrected chi connectivity index (χ2v) is 6.40. The summed E-state index contributed by atoms with van der Waals surface area (Å²) in [7, 11) is 0. The van der Waals surface area contributed by atoms with Crippen molar-refractivity contribution in [2.24, 2.45) is 5.73 Å². The number of benzene rings is 2. The van der Waals surface area contributed by atoms with Crippen LogP contribution < -0.4 is 5.73 Å². The first-order valence-electron chi connectivity index (χ1n) is 7.84. The lowest BCUT2D eigenvalue weighted by molar-refractivity contribution is 0.0999. The third-order valence-electron chi connectivity index (χ3n) is 4.06. The van der Waals surface area contributed by atoms with Crippen LogP contribution in [0.5, 0.6) is 0 Å². The zero-order valence-corrected chi connectivity index (χ0v) is 14.6. The van der Waals surface area contributed by atoms with Crippen LogP contribution in [-0.2, 0) is 6.42 Å². The fraction of sp³-hybridized carbons (Fsp3) is 0.100. The second-order valence-electron chi connectivity index (χ2n) is 5.99. The Hall–Kier alpha value is -2.79. The van der Waals surface area contributed by atoms with Gasteiger partial charge in [0.25, 0.3) is 0 Å². The van der Waals surface area contributed by atoms with Crippen molar-refractivity contribution in [3.05, 3.63) is 87.6 Å². The van der Waals surface area contributed by atoms with Gasteiger partial charge in [0.1, 0.15) is 0 Å². The number of carbonyl (C=O) groups excluding carboxylic acids is 1. The molecule has 0 spiro atoms. The lowest BCUT2D eigenvalue weighted by Gasteiger charge is -2.08. The van der Waals surface area contributed by atoms with Crippen molar-refractivity contribution in [2.75, 3.05) is 0 Å². The zero-order chi connectivity index (χ0) is 18.8. The van der Waals surface area contributed by atoms with Crippen LogP contribution in [0.15, 0.2) is 48.7 Å². The summed E-state index contributed by atoms with van der Waals surface area (Å²) in [5, 5.41) is -0.244. The number of nitrogens with two attached hydrogens (primary N) is 1. The van der Waals surface area contributed by atoms with Crippen molar-refractivity contribution in [1.29, 1.82) is 0 Å². The number of amides is 1. The molecule has 1 aromatic heterocycles. The number of carbonyl (C=O) groups is 1. The smallest absolute Gasteiger partial charge is 0.248 e. The molecule has 0 saturated carbocycles. The molecule has 2 N–H and O–H groups in total. The van der Waals surface area contributed by atoms with Crippen LogP contribution in [0.25, 0.3) is 11.3 Å². The molecule has 6 heteroatoms. The van der Waals surface area contributed by atoms with Crippen molar-refractivity contribution in [2.45, 2.75) is 13.3 Å². The highest BCUT2D eigenvalue weighted by Gasteiger charge is 2.11. The lowest BCUT2D eigenvalue weighted by Crippen LogP contribution is -2.12. The quantitative estimate of drug-likeness (QED) is 0.676. The monoisotopic (exact) mass is 372 g/mol. The van der Waals surface area contributed by atoms with Gasteiger partial charge in [0.05, 0.1) is 10.7 Å². The van der Waals surface area contributed by atoms with E-state index in [1.165, 1.54) is 6.07 Å². The minimum atomic E-state index is -1.05. The molecule has 0 aliphatic rings. The zero-order valence-electron chi connectivity index (χ0n) is 13.9. The van der Waals surface area contributed by atoms with Crippen LogP contribution in [0.1, 0.15) is 27.0 Å². The first-order chi connectivity index (χ1) is 12.3. The molecule has 3 aromatic rings. The molecule has 0 aliphatic heterocycles. The number of halogens is 3. The molecule has 0 fully saturated rings. The van der Waals surface area contributed by atoms with Gasteiger partial charge >= 0.3 is 0 Å². The lowest BCUT2D eigenvalue weighted by atomic mass is 10.00. The van der Waals surface area contributed by atoms with Crippen molar-refractivity contribution < 1.29 is 13.6 Å². The Labute approximate surface area is 154 Å². The summed E-state index contributed by atoms with van der Waals surface area (Å²) >= 11 is 5.71. The highest BCUT2D eigenvalue weighted by atomic mass is 35.5. The van der Waals surface area contributed by atoms with Gasteiger partial charge in [-0.2, -0.15) is 0 Å². The summed E-state index contributed by atoms with van der Waals surface area (Å²) in [6.07, 6.45) is 2.02. The topological polar surface area (TPSA) is 56.0 Å². The molecule has 0 aliphatic carbocycles. The molecule has 132 valence electrons. The van der Waals surface area contributed by atoms with E-state index in [0.717, 1.165) is 22.8 Å². The maximum Gasteiger partial charge on any atom is 0.248 e. The number of hydrogen-bond acceptors (Lipinski definition) is 2. The minimum absolute atomic E-state index is 0.244. The van der Waals surface area contributed by atoms with Gasteiger partial charge in [-0.3, -0.25) is 9.78 Å². The van der Waals surface area contributed by atoms with E-state index in [9.17, 15) is 13.6 Å². The predicted octanol–water partition coefficient (Wildman–Crippen LogP) is 4.68. The SMILES string of the molecule is Cc1cc(-c2cc(Cc3cc(F)c(F)c(Cl)c3)ccn2)ccc1C(N)=O. The number of aromatic nitrogens is 1. The standard InChI is InChI=1S/C20H15ClF2N2O/c1-11-6-14(2-3-15(11)20(24)26)18-10-12(4-5-25-18)7-13-8-16(21)19(23)17(22)9-13/h2-6,8-10H,7H2,1H3,(H2,24,26). The fourth-order valence-corrected chi connectivity index (χ4v) is 3.02. The summed E-state index contributed by atoms with van der Waals surface area (Å²) in [6.45, 7) is 1.80. The summed E-state index contributed by atoms with van der Waals surface area (Å²) in [6, 6.07) is 11.5. The van der Waals surface area contributed by atoms with E-state index in [-0.39, 0.29) is 5.02 Å². The van der Waals surface area contributed by atoms with Crippen LogP contribution in [0.4, 0.5) is 8.78 Å².